The van der Waals surface area contributed by atoms with Crippen LogP contribution in [0.1, 0.15) is 27.7 Å². The van der Waals surface area contributed by atoms with Crippen LogP contribution >= 0.6 is 46.4 Å². The molecule has 17 heavy (non-hydrogen) atoms. The molecule has 0 aromatic carbocycles. The van der Waals surface area contributed by atoms with Crippen molar-refractivity contribution < 1.29 is 4.74 Å². The van der Waals surface area contributed by atoms with E-state index >= 15 is 0 Å². The minimum Gasteiger partial charge on any atom is -0.381 e. The summed E-state index contributed by atoms with van der Waals surface area (Å²) in [6, 6.07) is 0. The monoisotopic (exact) mass is 318 g/mol. The smallest absolute Gasteiger partial charge is 0.129 e. The van der Waals surface area contributed by atoms with Crippen LogP contribution in [0, 0.1) is 22.7 Å². The van der Waals surface area contributed by atoms with Gasteiger partial charge in [0.2, 0.25) is 0 Å². The molecule has 2 saturated carbocycles. The molecule has 0 saturated heterocycles. The zero-order valence-electron chi connectivity index (χ0n) is 10.5. The van der Waals surface area contributed by atoms with Gasteiger partial charge in [-0.05, 0) is 0 Å². The average molecular weight is 320 g/mol. The van der Waals surface area contributed by atoms with E-state index < -0.39 is 8.67 Å². The van der Waals surface area contributed by atoms with E-state index in [1.807, 2.05) is 0 Å². The van der Waals surface area contributed by atoms with Gasteiger partial charge in [-0.3, -0.25) is 0 Å². The highest BCUT2D eigenvalue weighted by Crippen LogP contribution is 2.70. The fourth-order valence-corrected chi connectivity index (χ4v) is 4.10. The van der Waals surface area contributed by atoms with E-state index in [1.54, 1.807) is 0 Å². The molecule has 2 aliphatic carbocycles. The molecule has 0 spiro atoms. The van der Waals surface area contributed by atoms with Gasteiger partial charge in [-0.2, -0.15) is 0 Å². The first-order valence-corrected chi connectivity index (χ1v) is 7.32. The first kappa shape index (κ1) is 14.5. The Bertz CT molecular complexity index is 275. The highest BCUT2D eigenvalue weighted by molar-refractivity contribution is 6.52. The predicted octanol–water partition coefficient (Wildman–Crippen LogP) is 4.66. The molecule has 5 heteroatoms. The fourth-order valence-electron chi connectivity index (χ4n) is 2.44. The second kappa shape index (κ2) is 3.82. The molecule has 0 aliphatic heterocycles. The number of alkyl halides is 4. The van der Waals surface area contributed by atoms with Crippen molar-refractivity contribution in [1.29, 1.82) is 0 Å². The minimum absolute atomic E-state index is 0.0752. The normalized spacial score (nSPS) is 38.8. The van der Waals surface area contributed by atoms with Crippen LogP contribution < -0.4 is 0 Å². The molecular weight excluding hydrogens is 302 g/mol. The summed E-state index contributed by atoms with van der Waals surface area (Å²) in [6.07, 6.45) is 0. The van der Waals surface area contributed by atoms with Gasteiger partial charge in [0.15, 0.2) is 0 Å². The first-order chi connectivity index (χ1) is 7.47. The largest absolute Gasteiger partial charge is 0.381 e. The zero-order valence-corrected chi connectivity index (χ0v) is 13.5. The lowest BCUT2D eigenvalue weighted by Crippen LogP contribution is -2.07. The summed E-state index contributed by atoms with van der Waals surface area (Å²) < 4.78 is 4.36. The van der Waals surface area contributed by atoms with Crippen LogP contribution in [0.2, 0.25) is 0 Å². The summed E-state index contributed by atoms with van der Waals surface area (Å²) >= 11 is 24.7. The Morgan fingerprint density at radius 1 is 0.765 bits per heavy atom. The highest BCUT2D eigenvalue weighted by atomic mass is 35.5. The Labute approximate surface area is 123 Å². The maximum Gasteiger partial charge on any atom is 0.129 e. The van der Waals surface area contributed by atoms with Crippen LogP contribution in [0.4, 0.5) is 0 Å². The van der Waals surface area contributed by atoms with E-state index in [1.165, 1.54) is 0 Å². The summed E-state index contributed by atoms with van der Waals surface area (Å²) in [7, 11) is 0. The van der Waals surface area contributed by atoms with Crippen molar-refractivity contribution in [3.8, 4) is 0 Å². The molecule has 100 valence electrons. The molecule has 0 aromatic rings. The summed E-state index contributed by atoms with van der Waals surface area (Å²) in [6.45, 7) is 9.34. The Kier molecular flexibility index (Phi) is 3.27. The second-order valence-corrected chi connectivity index (χ2v) is 9.10. The minimum atomic E-state index is -0.662. The van der Waals surface area contributed by atoms with Crippen molar-refractivity contribution in [3.63, 3.8) is 0 Å². The van der Waals surface area contributed by atoms with E-state index in [0.717, 1.165) is 0 Å². The lowest BCUT2D eigenvalue weighted by molar-refractivity contribution is 0.0999. The fraction of sp³-hybridized carbons (Fsp3) is 1.00. The summed E-state index contributed by atoms with van der Waals surface area (Å²) in [5.74, 6) is 0.362. The van der Waals surface area contributed by atoms with Gasteiger partial charge in [-0.25, -0.2) is 0 Å². The van der Waals surface area contributed by atoms with Crippen molar-refractivity contribution in [1.82, 2.24) is 0 Å². The maximum absolute atomic E-state index is 6.18. The van der Waals surface area contributed by atoms with E-state index in [2.05, 4.69) is 27.7 Å². The van der Waals surface area contributed by atoms with E-state index in [9.17, 15) is 0 Å². The Morgan fingerprint density at radius 3 is 1.18 bits per heavy atom. The number of rotatable bonds is 4. The predicted molar refractivity (Wildman–Crippen MR) is 74.2 cm³/mol. The van der Waals surface area contributed by atoms with Crippen LogP contribution in [0.25, 0.3) is 0 Å². The van der Waals surface area contributed by atoms with Gasteiger partial charge in [0.25, 0.3) is 0 Å². The topological polar surface area (TPSA) is 9.23 Å². The summed E-state index contributed by atoms with van der Waals surface area (Å²) in [5, 5.41) is 0. The average Bonchev–Trinajstić information content (AvgIpc) is 2.70. The molecule has 2 aliphatic rings. The van der Waals surface area contributed by atoms with Crippen molar-refractivity contribution in [2.75, 3.05) is 13.2 Å². The molecule has 0 radical (unpaired) electrons. The van der Waals surface area contributed by atoms with Crippen LogP contribution in [0.15, 0.2) is 0 Å². The second-order valence-electron chi connectivity index (χ2n) is 6.33. The molecular formula is C12H18Cl4O. The van der Waals surface area contributed by atoms with Crippen LogP contribution in [0.5, 0.6) is 0 Å². The number of hydrogen-bond acceptors (Lipinski definition) is 1. The lowest BCUT2D eigenvalue weighted by atomic mass is 10.1. The summed E-state index contributed by atoms with van der Waals surface area (Å²) in [5.41, 5.74) is -0.150. The highest BCUT2D eigenvalue weighted by Gasteiger charge is 2.71. The third-order valence-corrected chi connectivity index (χ3v) is 7.74. The van der Waals surface area contributed by atoms with E-state index in [0.29, 0.717) is 13.2 Å². The molecule has 0 bridgehead atoms. The number of ether oxygens (including phenoxy) is 1. The number of hydrogen-bond donors (Lipinski definition) is 0. The van der Waals surface area contributed by atoms with Gasteiger partial charge in [0, 0.05) is 22.7 Å². The summed E-state index contributed by atoms with van der Waals surface area (Å²) in [4.78, 5) is 0. The van der Waals surface area contributed by atoms with Gasteiger partial charge >= 0.3 is 0 Å². The van der Waals surface area contributed by atoms with Gasteiger partial charge in [0.05, 0.1) is 13.2 Å². The van der Waals surface area contributed by atoms with Gasteiger partial charge in [0.1, 0.15) is 8.67 Å². The Balaban J connectivity index is 1.77. The SMILES string of the molecule is CC1(C)C(COCC2C(C)(C)C2(Cl)Cl)C1(Cl)Cl. The number of halogens is 4. The van der Waals surface area contributed by atoms with Crippen LogP contribution in [0.3, 0.4) is 0 Å². The van der Waals surface area contributed by atoms with Crippen LogP contribution in [-0.4, -0.2) is 21.9 Å². The van der Waals surface area contributed by atoms with Crippen molar-refractivity contribution >= 4 is 46.4 Å². The molecule has 0 aromatic heterocycles. The van der Waals surface area contributed by atoms with Gasteiger partial charge in [-0.1, -0.05) is 27.7 Å². The molecule has 1 nitrogen and oxygen atoms in total. The van der Waals surface area contributed by atoms with E-state index in [-0.39, 0.29) is 22.7 Å². The molecule has 0 heterocycles. The van der Waals surface area contributed by atoms with Crippen molar-refractivity contribution in [2.24, 2.45) is 22.7 Å². The van der Waals surface area contributed by atoms with Crippen molar-refractivity contribution in [2.45, 2.75) is 36.4 Å². The van der Waals surface area contributed by atoms with Crippen molar-refractivity contribution in [3.05, 3.63) is 0 Å². The zero-order chi connectivity index (χ0) is 13.3. The quantitative estimate of drug-likeness (QED) is 0.685. The Morgan fingerprint density at radius 2 is 1.00 bits per heavy atom. The van der Waals surface area contributed by atoms with E-state index in [4.69, 9.17) is 51.1 Å². The molecule has 2 unspecified atom stereocenters. The third-order valence-electron chi connectivity index (χ3n) is 4.74. The molecule has 2 atom stereocenters. The lowest BCUT2D eigenvalue weighted by Gasteiger charge is -2.05. The molecule has 2 fully saturated rings. The molecule has 0 amide bonds. The molecule has 0 N–H and O–H groups in total. The Hall–Kier alpha value is 1.12. The standard InChI is InChI=1S/C12H18Cl4O/c1-9(2)7(11(9,13)14)5-17-6-8-10(3,4)12(8,15)16/h7-8H,5-6H2,1-4H3. The van der Waals surface area contributed by atoms with Crippen LogP contribution in [-0.2, 0) is 4.74 Å². The van der Waals surface area contributed by atoms with Gasteiger partial charge < -0.3 is 4.74 Å². The maximum atomic E-state index is 6.18. The third kappa shape index (κ3) is 1.92. The van der Waals surface area contributed by atoms with Gasteiger partial charge in [-0.15, -0.1) is 46.4 Å². The molecule has 2 rings (SSSR count). The first-order valence-electron chi connectivity index (χ1n) is 5.80.